The maximum Gasteiger partial charge on any atom is 0.147 e. The largest absolute Gasteiger partial charge is 0.368 e. The van der Waals surface area contributed by atoms with E-state index in [1.165, 1.54) is 0 Å². The Labute approximate surface area is 98.1 Å². The van der Waals surface area contributed by atoms with E-state index in [0.29, 0.717) is 0 Å². The van der Waals surface area contributed by atoms with Gasteiger partial charge in [0.25, 0.3) is 0 Å². The average molecular weight is 222 g/mol. The summed E-state index contributed by atoms with van der Waals surface area (Å²) in [6.07, 6.45) is 3.43. The molecule has 0 atom stereocenters. The molecule has 0 unspecified atom stereocenters. The monoisotopic (exact) mass is 222 g/mol. The van der Waals surface area contributed by atoms with Crippen molar-refractivity contribution in [2.75, 3.05) is 32.5 Å². The van der Waals surface area contributed by atoms with Crippen molar-refractivity contribution in [3.63, 3.8) is 0 Å². The van der Waals surface area contributed by atoms with Crippen molar-refractivity contribution >= 4 is 5.82 Å². The Kier molecular flexibility index (Phi) is 4.24. The van der Waals surface area contributed by atoms with Gasteiger partial charge in [0.15, 0.2) is 0 Å². The lowest BCUT2D eigenvalue weighted by atomic mass is 9.93. The van der Waals surface area contributed by atoms with Gasteiger partial charge in [0.05, 0.1) is 5.69 Å². The molecule has 1 aromatic heterocycles. The Morgan fingerprint density at radius 1 is 1.25 bits per heavy atom. The van der Waals surface area contributed by atoms with Gasteiger partial charge in [0.2, 0.25) is 0 Å². The van der Waals surface area contributed by atoms with Gasteiger partial charge >= 0.3 is 0 Å². The van der Waals surface area contributed by atoms with Gasteiger partial charge in [-0.05, 0) is 26.4 Å². The third-order valence-electron chi connectivity index (χ3n) is 2.36. The summed E-state index contributed by atoms with van der Waals surface area (Å²) in [6.45, 7) is 8.38. The van der Waals surface area contributed by atoms with E-state index in [9.17, 15) is 0 Å². The fraction of sp³-hybridized carbons (Fsp3) is 0.667. The number of rotatable bonds is 5. The molecule has 0 aromatic carbocycles. The Hall–Kier alpha value is -1.16. The maximum atomic E-state index is 4.27. The lowest BCUT2D eigenvalue weighted by Crippen LogP contribution is -2.34. The van der Waals surface area contributed by atoms with Crippen LogP contribution in [0.4, 0.5) is 5.82 Å². The number of nitrogens with one attached hydrogen (secondary N) is 1. The molecule has 1 aromatic rings. The Morgan fingerprint density at radius 2 is 1.88 bits per heavy atom. The minimum Gasteiger partial charge on any atom is -0.368 e. The van der Waals surface area contributed by atoms with Crippen molar-refractivity contribution in [1.82, 2.24) is 14.9 Å². The highest BCUT2D eigenvalue weighted by atomic mass is 15.1. The SMILES string of the molecule is Cc1nccnc1NCC(C)(C)CN(C)C. The molecule has 1 N–H and O–H groups in total. The van der Waals surface area contributed by atoms with Crippen LogP contribution in [0.5, 0.6) is 0 Å². The first-order valence-corrected chi connectivity index (χ1v) is 5.57. The molecule has 0 amide bonds. The predicted molar refractivity (Wildman–Crippen MR) is 67.6 cm³/mol. The van der Waals surface area contributed by atoms with Crippen molar-refractivity contribution < 1.29 is 0 Å². The van der Waals surface area contributed by atoms with Gasteiger partial charge in [0, 0.05) is 25.5 Å². The van der Waals surface area contributed by atoms with E-state index in [4.69, 9.17) is 0 Å². The third kappa shape index (κ3) is 4.14. The number of hydrogen-bond acceptors (Lipinski definition) is 4. The van der Waals surface area contributed by atoms with E-state index >= 15 is 0 Å². The second kappa shape index (κ2) is 5.25. The maximum absolute atomic E-state index is 4.27. The van der Waals surface area contributed by atoms with E-state index in [1.807, 2.05) is 6.92 Å². The van der Waals surface area contributed by atoms with E-state index < -0.39 is 0 Å². The summed E-state index contributed by atoms with van der Waals surface area (Å²) in [5.41, 5.74) is 1.16. The van der Waals surface area contributed by atoms with Gasteiger partial charge in [-0.15, -0.1) is 0 Å². The second-order valence-electron chi connectivity index (χ2n) is 5.25. The topological polar surface area (TPSA) is 41.1 Å². The molecule has 1 heterocycles. The van der Waals surface area contributed by atoms with Gasteiger partial charge in [-0.25, -0.2) is 4.98 Å². The summed E-state index contributed by atoms with van der Waals surface area (Å²) in [4.78, 5) is 10.7. The molecule has 4 heteroatoms. The van der Waals surface area contributed by atoms with E-state index in [1.54, 1.807) is 12.4 Å². The molecule has 4 nitrogen and oxygen atoms in total. The van der Waals surface area contributed by atoms with Gasteiger partial charge in [-0.2, -0.15) is 0 Å². The van der Waals surface area contributed by atoms with Crippen LogP contribution in [0.2, 0.25) is 0 Å². The van der Waals surface area contributed by atoms with Gasteiger partial charge < -0.3 is 10.2 Å². The van der Waals surface area contributed by atoms with E-state index in [0.717, 1.165) is 24.6 Å². The molecule has 1 rings (SSSR count). The highest BCUT2D eigenvalue weighted by molar-refractivity contribution is 5.38. The average Bonchev–Trinajstić information content (AvgIpc) is 2.14. The molecule has 0 aliphatic carbocycles. The fourth-order valence-electron chi connectivity index (χ4n) is 1.82. The number of anilines is 1. The number of hydrogen-bond donors (Lipinski definition) is 1. The zero-order valence-electron chi connectivity index (χ0n) is 10.9. The number of aryl methyl sites for hydroxylation is 1. The highest BCUT2D eigenvalue weighted by Gasteiger charge is 2.19. The minimum absolute atomic E-state index is 0.216. The van der Waals surface area contributed by atoms with Crippen molar-refractivity contribution in [3.05, 3.63) is 18.1 Å². The number of aromatic nitrogens is 2. The normalized spacial score (nSPS) is 11.9. The van der Waals surface area contributed by atoms with Gasteiger partial charge in [-0.3, -0.25) is 4.98 Å². The first-order valence-electron chi connectivity index (χ1n) is 5.57. The molecule has 0 aliphatic rings. The number of nitrogens with zero attached hydrogens (tertiary/aromatic N) is 3. The minimum atomic E-state index is 0.216. The lowest BCUT2D eigenvalue weighted by Gasteiger charge is -2.28. The standard InChI is InChI=1S/C12H22N4/c1-10-11(14-7-6-13-10)15-8-12(2,3)9-16(4)5/h6-7H,8-9H2,1-5H3,(H,14,15). The fourth-order valence-corrected chi connectivity index (χ4v) is 1.82. The summed E-state index contributed by atoms with van der Waals surface area (Å²) in [6, 6.07) is 0. The Bertz CT molecular complexity index is 334. The summed E-state index contributed by atoms with van der Waals surface area (Å²) in [7, 11) is 4.19. The zero-order chi connectivity index (χ0) is 12.2. The van der Waals surface area contributed by atoms with Crippen LogP contribution >= 0.6 is 0 Å². The van der Waals surface area contributed by atoms with Crippen molar-refractivity contribution in [3.8, 4) is 0 Å². The highest BCUT2D eigenvalue weighted by Crippen LogP contribution is 2.17. The molecule has 0 bridgehead atoms. The van der Waals surface area contributed by atoms with Crippen LogP contribution < -0.4 is 5.32 Å². The van der Waals surface area contributed by atoms with Gasteiger partial charge in [0.1, 0.15) is 5.82 Å². The van der Waals surface area contributed by atoms with Crippen molar-refractivity contribution in [2.24, 2.45) is 5.41 Å². The van der Waals surface area contributed by atoms with Crippen molar-refractivity contribution in [1.29, 1.82) is 0 Å². The van der Waals surface area contributed by atoms with Crippen LogP contribution in [-0.2, 0) is 0 Å². The second-order valence-corrected chi connectivity index (χ2v) is 5.25. The van der Waals surface area contributed by atoms with Crippen LogP contribution in [0.15, 0.2) is 12.4 Å². The first kappa shape index (κ1) is 12.9. The van der Waals surface area contributed by atoms with Crippen LogP contribution in [0.3, 0.4) is 0 Å². The third-order valence-corrected chi connectivity index (χ3v) is 2.36. The van der Waals surface area contributed by atoms with Crippen LogP contribution in [0.25, 0.3) is 0 Å². The summed E-state index contributed by atoms with van der Waals surface area (Å²) in [5.74, 6) is 0.884. The molecular weight excluding hydrogens is 200 g/mol. The molecule has 0 saturated carbocycles. The van der Waals surface area contributed by atoms with Crippen LogP contribution in [0, 0.1) is 12.3 Å². The molecule has 0 aliphatic heterocycles. The first-order chi connectivity index (χ1) is 7.41. The smallest absolute Gasteiger partial charge is 0.147 e. The molecule has 0 radical (unpaired) electrons. The summed E-state index contributed by atoms with van der Waals surface area (Å²) < 4.78 is 0. The Balaban J connectivity index is 2.54. The lowest BCUT2D eigenvalue weighted by molar-refractivity contribution is 0.254. The van der Waals surface area contributed by atoms with Crippen LogP contribution in [0.1, 0.15) is 19.5 Å². The predicted octanol–water partition coefficient (Wildman–Crippen LogP) is 1.78. The molecule has 90 valence electrons. The van der Waals surface area contributed by atoms with Crippen LogP contribution in [-0.4, -0.2) is 42.1 Å². The quantitative estimate of drug-likeness (QED) is 0.824. The molecular formula is C12H22N4. The summed E-state index contributed by atoms with van der Waals surface area (Å²) >= 11 is 0. The summed E-state index contributed by atoms with van der Waals surface area (Å²) in [5, 5.41) is 3.36. The van der Waals surface area contributed by atoms with E-state index in [-0.39, 0.29) is 5.41 Å². The molecule has 0 fully saturated rings. The van der Waals surface area contributed by atoms with Gasteiger partial charge in [-0.1, -0.05) is 13.8 Å². The zero-order valence-corrected chi connectivity index (χ0v) is 10.9. The molecule has 0 saturated heterocycles. The van der Waals surface area contributed by atoms with Crippen molar-refractivity contribution in [2.45, 2.75) is 20.8 Å². The molecule has 16 heavy (non-hydrogen) atoms. The van der Waals surface area contributed by atoms with E-state index in [2.05, 4.69) is 48.1 Å². The molecule has 0 spiro atoms. The Morgan fingerprint density at radius 3 is 2.44 bits per heavy atom.